The van der Waals surface area contributed by atoms with E-state index in [4.69, 9.17) is 0 Å². The van der Waals surface area contributed by atoms with Gasteiger partial charge < -0.3 is 0 Å². The number of unbranched alkanes of at least 4 members (excludes halogenated alkanes) is 17. The van der Waals surface area contributed by atoms with E-state index in [0.717, 1.165) is 6.54 Å². The molecular weight excluding hydrogens is 364 g/mol. The summed E-state index contributed by atoms with van der Waals surface area (Å²) in [5.41, 5.74) is 0. The van der Waals surface area contributed by atoms with Crippen molar-refractivity contribution < 1.29 is 4.57 Å². The van der Waals surface area contributed by atoms with E-state index in [-0.39, 0.29) is 0 Å². The summed E-state index contributed by atoms with van der Waals surface area (Å²) in [7, 11) is 0. The molecule has 0 spiro atoms. The first-order valence-corrected chi connectivity index (χ1v) is 13.9. The quantitative estimate of drug-likeness (QED) is 0.131. The van der Waals surface area contributed by atoms with Crippen LogP contribution in [-0.2, 0) is 19.5 Å². The van der Waals surface area contributed by atoms with E-state index >= 15 is 0 Å². The minimum Gasteiger partial charge on any atom is -0.235 e. The molecule has 30 heavy (non-hydrogen) atoms. The molecule has 1 aromatic heterocycles. The maximum Gasteiger partial charge on any atom is 0.256 e. The Labute approximate surface area is 189 Å². The van der Waals surface area contributed by atoms with Gasteiger partial charge in [0.05, 0.1) is 13.1 Å². The van der Waals surface area contributed by atoms with E-state index in [2.05, 4.69) is 42.3 Å². The lowest BCUT2D eigenvalue weighted by molar-refractivity contribution is -0.704. The number of hydrogen-bond donors (Lipinski definition) is 0. The molecule has 0 aliphatic heterocycles. The molecule has 1 rings (SSSR count). The van der Waals surface area contributed by atoms with Gasteiger partial charge in [0, 0.05) is 6.42 Å². The van der Waals surface area contributed by atoms with Crippen LogP contribution in [0.4, 0.5) is 0 Å². The predicted molar refractivity (Wildman–Crippen MR) is 133 cm³/mol. The van der Waals surface area contributed by atoms with Gasteiger partial charge in [-0.2, -0.15) is 0 Å². The van der Waals surface area contributed by atoms with Gasteiger partial charge in [-0.05, 0) is 26.2 Å². The van der Waals surface area contributed by atoms with Crippen LogP contribution < -0.4 is 4.57 Å². The number of nitrogens with zero attached hydrogens (tertiary/aromatic N) is 2. The van der Waals surface area contributed by atoms with Crippen molar-refractivity contribution in [3.8, 4) is 0 Å². The van der Waals surface area contributed by atoms with Crippen molar-refractivity contribution in [2.45, 2.75) is 162 Å². The Balaban J connectivity index is 1.89. The van der Waals surface area contributed by atoms with Gasteiger partial charge >= 0.3 is 0 Å². The van der Waals surface area contributed by atoms with Gasteiger partial charge in [-0.3, -0.25) is 0 Å². The first kappa shape index (κ1) is 27.2. The summed E-state index contributed by atoms with van der Waals surface area (Å²) in [6, 6.07) is 0. The van der Waals surface area contributed by atoms with Crippen molar-refractivity contribution in [2.75, 3.05) is 0 Å². The summed E-state index contributed by atoms with van der Waals surface area (Å²) < 4.78 is 4.95. The second kappa shape index (κ2) is 20.1. The summed E-state index contributed by atoms with van der Waals surface area (Å²) in [6.07, 6.45) is 33.0. The van der Waals surface area contributed by atoms with Crippen molar-refractivity contribution in [1.82, 2.24) is 4.57 Å². The lowest BCUT2D eigenvalue weighted by Gasteiger charge is -2.05. The third-order valence-electron chi connectivity index (χ3n) is 6.69. The topological polar surface area (TPSA) is 8.81 Å². The second-order valence-electron chi connectivity index (χ2n) is 9.45. The third kappa shape index (κ3) is 13.5. The fourth-order valence-corrected chi connectivity index (χ4v) is 4.62. The van der Waals surface area contributed by atoms with Crippen molar-refractivity contribution in [3.63, 3.8) is 0 Å². The molecule has 1 aromatic rings. The van der Waals surface area contributed by atoms with Crippen LogP contribution in [0.3, 0.4) is 0 Å². The SMILES string of the molecule is CCCCCCCCCCCCCCCCCCC[n+]1ccn(CC)c1CCCC. The molecule has 0 atom stereocenters. The Morgan fingerprint density at radius 1 is 0.567 bits per heavy atom. The fraction of sp³-hybridized carbons (Fsp3) is 0.893. The largest absolute Gasteiger partial charge is 0.256 e. The maximum atomic E-state index is 2.52. The van der Waals surface area contributed by atoms with Gasteiger partial charge in [-0.15, -0.1) is 0 Å². The highest BCUT2D eigenvalue weighted by molar-refractivity contribution is 4.83. The molecule has 0 bridgehead atoms. The normalized spacial score (nSPS) is 11.4. The molecular formula is C28H55N2+. The molecule has 0 saturated carbocycles. The summed E-state index contributed by atoms with van der Waals surface area (Å²) >= 11 is 0. The zero-order chi connectivity index (χ0) is 21.7. The van der Waals surface area contributed by atoms with Crippen LogP contribution in [0.25, 0.3) is 0 Å². The number of rotatable bonds is 22. The minimum atomic E-state index is 1.10. The van der Waals surface area contributed by atoms with Crippen LogP contribution in [0.2, 0.25) is 0 Å². The van der Waals surface area contributed by atoms with Gasteiger partial charge in [0.2, 0.25) is 0 Å². The summed E-state index contributed by atoms with van der Waals surface area (Å²) in [5.74, 6) is 1.54. The first-order valence-electron chi connectivity index (χ1n) is 13.9. The molecule has 0 aromatic carbocycles. The highest BCUT2D eigenvalue weighted by Crippen LogP contribution is 2.14. The lowest BCUT2D eigenvalue weighted by Crippen LogP contribution is -2.37. The van der Waals surface area contributed by atoms with Gasteiger partial charge in [0.15, 0.2) is 0 Å². The average molecular weight is 420 g/mol. The third-order valence-corrected chi connectivity index (χ3v) is 6.69. The van der Waals surface area contributed by atoms with E-state index < -0.39 is 0 Å². The second-order valence-corrected chi connectivity index (χ2v) is 9.45. The molecule has 0 aliphatic rings. The molecule has 0 aliphatic carbocycles. The van der Waals surface area contributed by atoms with Gasteiger partial charge in [0.25, 0.3) is 5.82 Å². The van der Waals surface area contributed by atoms with Crippen LogP contribution in [-0.4, -0.2) is 4.57 Å². The molecule has 0 saturated heterocycles. The number of imidazole rings is 1. The molecule has 2 nitrogen and oxygen atoms in total. The van der Waals surface area contributed by atoms with E-state index in [1.54, 1.807) is 0 Å². The Bertz CT molecular complexity index is 477. The Kier molecular flexibility index (Phi) is 18.3. The number of aryl methyl sites for hydroxylation is 2. The molecule has 0 N–H and O–H groups in total. The monoisotopic (exact) mass is 419 g/mol. The molecule has 0 amide bonds. The van der Waals surface area contributed by atoms with Crippen LogP contribution in [0.1, 0.15) is 149 Å². The molecule has 0 radical (unpaired) electrons. The Morgan fingerprint density at radius 3 is 1.43 bits per heavy atom. The van der Waals surface area contributed by atoms with E-state index in [0.29, 0.717) is 0 Å². The van der Waals surface area contributed by atoms with Crippen molar-refractivity contribution >= 4 is 0 Å². The number of hydrogen-bond acceptors (Lipinski definition) is 0. The average Bonchev–Trinajstić information content (AvgIpc) is 3.16. The molecule has 1 heterocycles. The predicted octanol–water partition coefficient (Wildman–Crippen LogP) is 8.79. The fourth-order valence-electron chi connectivity index (χ4n) is 4.62. The smallest absolute Gasteiger partial charge is 0.235 e. The van der Waals surface area contributed by atoms with Crippen LogP contribution in [0.5, 0.6) is 0 Å². The van der Waals surface area contributed by atoms with Crippen LogP contribution in [0.15, 0.2) is 12.4 Å². The highest BCUT2D eigenvalue weighted by atomic mass is 15.1. The first-order chi connectivity index (χ1) is 14.8. The van der Waals surface area contributed by atoms with Gasteiger partial charge in [-0.25, -0.2) is 9.13 Å². The van der Waals surface area contributed by atoms with Gasteiger partial charge in [0.1, 0.15) is 12.4 Å². The number of aromatic nitrogens is 2. The van der Waals surface area contributed by atoms with Crippen molar-refractivity contribution in [2.24, 2.45) is 0 Å². The van der Waals surface area contributed by atoms with Crippen LogP contribution in [0, 0.1) is 0 Å². The summed E-state index contributed by atoms with van der Waals surface area (Å²) in [6.45, 7) is 9.17. The Hall–Kier alpha value is -0.790. The van der Waals surface area contributed by atoms with Gasteiger partial charge in [-0.1, -0.05) is 117 Å². The van der Waals surface area contributed by atoms with Crippen LogP contribution >= 0.6 is 0 Å². The Morgan fingerprint density at radius 2 is 1.00 bits per heavy atom. The minimum absolute atomic E-state index is 1.10. The standard InChI is InChI=1S/C28H55N2/c1-4-7-9-10-11-12-13-14-15-16-17-18-19-20-21-22-23-25-30-27-26-29(6-3)28(30)24-8-5-2/h26-27H,4-25H2,1-3H3/q+1. The van der Waals surface area contributed by atoms with E-state index in [1.165, 1.54) is 141 Å². The molecule has 2 heteroatoms. The lowest BCUT2D eigenvalue weighted by atomic mass is 10.0. The van der Waals surface area contributed by atoms with Crippen molar-refractivity contribution in [1.29, 1.82) is 0 Å². The van der Waals surface area contributed by atoms with E-state index in [1.807, 2.05) is 0 Å². The molecule has 0 unspecified atom stereocenters. The summed E-state index contributed by atoms with van der Waals surface area (Å²) in [5, 5.41) is 0. The maximum absolute atomic E-state index is 2.52. The zero-order valence-electron chi connectivity index (χ0n) is 21.1. The van der Waals surface area contributed by atoms with E-state index in [9.17, 15) is 0 Å². The molecule has 0 fully saturated rings. The molecule has 176 valence electrons. The summed E-state index contributed by atoms with van der Waals surface area (Å²) in [4.78, 5) is 0. The highest BCUT2D eigenvalue weighted by Gasteiger charge is 2.14. The van der Waals surface area contributed by atoms with Crippen molar-refractivity contribution in [3.05, 3.63) is 18.2 Å². The zero-order valence-corrected chi connectivity index (χ0v) is 21.1.